The zero-order valence-corrected chi connectivity index (χ0v) is 6.67. The predicted molar refractivity (Wildman–Crippen MR) is 36.2 cm³/mol. The number of nitrogens with zero attached hydrogens (tertiary/aromatic N) is 1. The molecular weight excluding hydrogens is 193 g/mol. The Labute approximate surface area is 72.6 Å². The van der Waals surface area contributed by atoms with Crippen LogP contribution in [0.2, 0.25) is 0 Å². The van der Waals surface area contributed by atoms with Crippen molar-refractivity contribution in [2.24, 2.45) is 0 Å². The number of rotatable bonds is 1. The summed E-state index contributed by atoms with van der Waals surface area (Å²) in [5, 5.41) is 8.38. The summed E-state index contributed by atoms with van der Waals surface area (Å²) in [7, 11) is 0. The molecule has 1 fully saturated rings. The van der Waals surface area contributed by atoms with Gasteiger partial charge >= 0.3 is 6.16 Å². The molecule has 1 rings (SSSR count). The Kier molecular flexibility index (Phi) is 2.42. The fourth-order valence-corrected chi connectivity index (χ4v) is 1.02. The van der Waals surface area contributed by atoms with Gasteiger partial charge in [0.2, 0.25) is 6.10 Å². The fourth-order valence-electron chi connectivity index (χ4n) is 0.655. The highest BCUT2D eigenvalue weighted by atomic mass is 35.5. The van der Waals surface area contributed by atoms with Crippen LogP contribution in [-0.4, -0.2) is 23.2 Å². The van der Waals surface area contributed by atoms with Gasteiger partial charge in [0.15, 0.2) is 6.10 Å². The molecule has 0 amide bonds. The molecule has 11 heavy (non-hydrogen) atoms. The highest BCUT2D eigenvalue weighted by Gasteiger charge is 2.40. The molecule has 0 aromatic heterocycles. The first kappa shape index (κ1) is 8.44. The minimum absolute atomic E-state index is 0.879. The lowest BCUT2D eigenvalue weighted by atomic mass is 10.2. The Hall–Kier alpha value is -0.660. The summed E-state index contributed by atoms with van der Waals surface area (Å²) in [6.07, 6.45) is -2.79. The van der Waals surface area contributed by atoms with Crippen LogP contribution in [-0.2, 0) is 9.47 Å². The Morgan fingerprint density at radius 1 is 1.55 bits per heavy atom. The topological polar surface area (TPSA) is 59.3 Å². The molecule has 0 saturated carbocycles. The average Bonchev–Trinajstić information content (AvgIpc) is 2.30. The maximum absolute atomic E-state index is 10.4. The Morgan fingerprint density at radius 3 is 2.55 bits per heavy atom. The van der Waals surface area contributed by atoms with E-state index in [9.17, 15) is 4.79 Å². The number of carbonyl (C=O) groups excluding carboxylic acids is 1. The second kappa shape index (κ2) is 3.16. The summed E-state index contributed by atoms with van der Waals surface area (Å²) in [6, 6.07) is 1.69. The summed E-state index contributed by atoms with van der Waals surface area (Å²) < 4.78 is 8.87. The van der Waals surface area contributed by atoms with Gasteiger partial charge in [-0.15, -0.1) is 23.2 Å². The highest BCUT2D eigenvalue weighted by Crippen LogP contribution is 2.23. The molecule has 6 heteroatoms. The fraction of sp³-hybridized carbons (Fsp3) is 0.600. The van der Waals surface area contributed by atoms with Gasteiger partial charge in [0.1, 0.15) is 10.9 Å². The van der Waals surface area contributed by atoms with E-state index in [-0.39, 0.29) is 0 Å². The first-order chi connectivity index (χ1) is 5.15. The molecule has 2 unspecified atom stereocenters. The van der Waals surface area contributed by atoms with Crippen LogP contribution in [0.3, 0.4) is 0 Å². The molecule has 0 N–H and O–H groups in total. The van der Waals surface area contributed by atoms with E-state index in [1.165, 1.54) is 0 Å². The summed E-state index contributed by atoms with van der Waals surface area (Å²) in [5.41, 5.74) is 0. The summed E-state index contributed by atoms with van der Waals surface area (Å²) >= 11 is 10.8. The number of hydrogen-bond acceptors (Lipinski definition) is 4. The Balaban J connectivity index is 2.66. The van der Waals surface area contributed by atoms with Gasteiger partial charge in [-0.3, -0.25) is 0 Å². The molecule has 0 spiro atoms. The summed E-state index contributed by atoms with van der Waals surface area (Å²) in [6.45, 7) is 0. The van der Waals surface area contributed by atoms with E-state index in [1.807, 2.05) is 0 Å². The lowest BCUT2D eigenvalue weighted by Crippen LogP contribution is -2.27. The Morgan fingerprint density at radius 2 is 2.18 bits per heavy atom. The molecule has 1 aliphatic rings. The second-order valence-electron chi connectivity index (χ2n) is 1.83. The first-order valence-electron chi connectivity index (χ1n) is 2.70. The molecule has 60 valence electrons. The van der Waals surface area contributed by atoms with Crippen molar-refractivity contribution in [1.82, 2.24) is 0 Å². The molecule has 0 bridgehead atoms. The average molecular weight is 196 g/mol. The van der Waals surface area contributed by atoms with Gasteiger partial charge in [-0.2, -0.15) is 5.26 Å². The quantitative estimate of drug-likeness (QED) is 0.467. The van der Waals surface area contributed by atoms with Crippen LogP contribution in [0.4, 0.5) is 4.79 Å². The minimum atomic E-state index is -0.998. The van der Waals surface area contributed by atoms with E-state index in [4.69, 9.17) is 28.5 Å². The van der Waals surface area contributed by atoms with Crippen LogP contribution in [0.1, 0.15) is 0 Å². The molecule has 0 aromatic rings. The monoisotopic (exact) mass is 195 g/mol. The molecule has 1 aliphatic heterocycles. The van der Waals surface area contributed by atoms with Crippen molar-refractivity contribution in [2.75, 3.05) is 0 Å². The number of hydrogen-bond donors (Lipinski definition) is 0. The number of alkyl halides is 2. The van der Waals surface area contributed by atoms with Gasteiger partial charge < -0.3 is 9.47 Å². The Bertz CT molecular complexity index is 212. The van der Waals surface area contributed by atoms with E-state index >= 15 is 0 Å². The van der Waals surface area contributed by atoms with Crippen molar-refractivity contribution in [1.29, 1.82) is 5.26 Å². The maximum atomic E-state index is 10.4. The molecule has 0 radical (unpaired) electrons. The molecule has 4 nitrogen and oxygen atoms in total. The van der Waals surface area contributed by atoms with E-state index in [0.29, 0.717) is 0 Å². The second-order valence-corrected chi connectivity index (χ2v) is 3.00. The van der Waals surface area contributed by atoms with Crippen LogP contribution in [0, 0.1) is 11.3 Å². The predicted octanol–water partition coefficient (Wildman–Crippen LogP) is 1.22. The van der Waals surface area contributed by atoms with Gasteiger partial charge in [0, 0.05) is 0 Å². The highest BCUT2D eigenvalue weighted by molar-refractivity contribution is 6.44. The maximum Gasteiger partial charge on any atom is 0.510 e. The molecule has 0 aromatic carbocycles. The number of cyclic esters (lactones) is 2. The van der Waals surface area contributed by atoms with Crippen LogP contribution in [0.5, 0.6) is 0 Å². The van der Waals surface area contributed by atoms with Gasteiger partial charge in [-0.05, 0) is 0 Å². The third-order valence-electron chi connectivity index (χ3n) is 1.13. The number of nitriles is 1. The SMILES string of the molecule is N#CC1OC(=O)OC1C(Cl)Cl. The molecule has 0 aliphatic carbocycles. The zero-order valence-electron chi connectivity index (χ0n) is 5.16. The van der Waals surface area contributed by atoms with Gasteiger partial charge in [0.25, 0.3) is 0 Å². The smallest absolute Gasteiger partial charge is 0.423 e. The standard InChI is InChI=1S/C5H3Cl2NO3/c6-4(7)3-2(1-8)10-5(9)11-3/h2-4H. The molecule has 2 atom stereocenters. The van der Waals surface area contributed by atoms with Gasteiger partial charge in [-0.1, -0.05) is 0 Å². The lowest BCUT2D eigenvalue weighted by Gasteiger charge is -2.08. The number of halogens is 2. The zero-order chi connectivity index (χ0) is 8.43. The van der Waals surface area contributed by atoms with E-state index in [2.05, 4.69) is 9.47 Å². The van der Waals surface area contributed by atoms with E-state index in [0.717, 1.165) is 0 Å². The van der Waals surface area contributed by atoms with Crippen LogP contribution in [0.15, 0.2) is 0 Å². The van der Waals surface area contributed by atoms with Crippen LogP contribution < -0.4 is 0 Å². The van der Waals surface area contributed by atoms with Crippen molar-refractivity contribution in [3.63, 3.8) is 0 Å². The van der Waals surface area contributed by atoms with Crippen molar-refractivity contribution in [2.45, 2.75) is 17.0 Å². The first-order valence-corrected chi connectivity index (χ1v) is 3.57. The normalized spacial score (nSPS) is 29.5. The third-order valence-corrected chi connectivity index (χ3v) is 1.63. The van der Waals surface area contributed by atoms with E-state index < -0.39 is 23.2 Å². The van der Waals surface area contributed by atoms with Crippen molar-refractivity contribution < 1.29 is 14.3 Å². The molecule has 1 saturated heterocycles. The van der Waals surface area contributed by atoms with Crippen molar-refractivity contribution in [3.8, 4) is 6.07 Å². The van der Waals surface area contributed by atoms with Gasteiger partial charge in [0.05, 0.1) is 0 Å². The third kappa shape index (κ3) is 1.67. The van der Waals surface area contributed by atoms with E-state index in [1.54, 1.807) is 6.07 Å². The molecule has 1 heterocycles. The van der Waals surface area contributed by atoms with Crippen molar-refractivity contribution >= 4 is 29.4 Å². The van der Waals surface area contributed by atoms with Crippen LogP contribution in [0.25, 0.3) is 0 Å². The minimum Gasteiger partial charge on any atom is -0.423 e. The molecular formula is C5H3Cl2NO3. The van der Waals surface area contributed by atoms with Gasteiger partial charge in [-0.25, -0.2) is 4.79 Å². The summed E-state index contributed by atoms with van der Waals surface area (Å²) in [4.78, 5) is 9.48. The lowest BCUT2D eigenvalue weighted by molar-refractivity contribution is 0.119. The number of carbonyl (C=O) groups is 1. The number of ether oxygens (including phenoxy) is 2. The largest absolute Gasteiger partial charge is 0.510 e. The van der Waals surface area contributed by atoms with Crippen LogP contribution >= 0.6 is 23.2 Å². The van der Waals surface area contributed by atoms with Crippen molar-refractivity contribution in [3.05, 3.63) is 0 Å². The summed E-state index contributed by atoms with van der Waals surface area (Å²) in [5.74, 6) is 0.